The lowest BCUT2D eigenvalue weighted by atomic mass is 9.84. The number of hydrogen-bond donors (Lipinski definition) is 3. The molecule has 0 radical (unpaired) electrons. The highest BCUT2D eigenvalue weighted by Gasteiger charge is 2.43. The number of nitrogens with two attached hydrogens (primary N) is 2. The molecule has 0 fully saturated rings. The van der Waals surface area contributed by atoms with E-state index >= 15 is 0 Å². The largest absolute Gasteiger partial charge is 0.488 e. The molecule has 4 rings (SSSR count). The van der Waals surface area contributed by atoms with E-state index in [-0.39, 0.29) is 23.3 Å². The van der Waals surface area contributed by atoms with Gasteiger partial charge < -0.3 is 26.0 Å². The smallest absolute Gasteiger partial charge is 0.429 e. The van der Waals surface area contributed by atoms with Crippen molar-refractivity contribution < 1.29 is 32.5 Å². The maximum atomic E-state index is 14.2. The number of rotatable bonds is 9. The van der Waals surface area contributed by atoms with Gasteiger partial charge in [-0.05, 0) is 81.2 Å². The molecular weight excluding hydrogens is 549 g/mol. The van der Waals surface area contributed by atoms with Crippen LogP contribution in [0.1, 0.15) is 63.8 Å². The Morgan fingerprint density at radius 1 is 1.07 bits per heavy atom. The molecule has 1 aliphatic carbocycles. The number of aromatic nitrogens is 2. The molecule has 11 heteroatoms. The standard InChI is InChI=1S/C31H35F3N4O4/c1-30(2,3)42-23-6-4-5-22(16-23)19-11-13-21(14-12-19)27(31(32,33)34)41-26-17-25(37-29(36)38-26)20-9-7-18(8-10-20)15-24(35)28(39)40/h4-6,9,11-14,16-18,24,27H,7-8,10,15,35H2,1-3H3,(H,39,40)(H2,36,37,38)/t18?,24-,27+/m0/s1. The third-order valence-electron chi connectivity index (χ3n) is 6.81. The van der Waals surface area contributed by atoms with Crippen LogP contribution < -0.4 is 20.9 Å². The lowest BCUT2D eigenvalue weighted by Crippen LogP contribution is -2.32. The van der Waals surface area contributed by atoms with Crippen LogP contribution in [-0.4, -0.2) is 38.9 Å². The van der Waals surface area contributed by atoms with Crippen molar-refractivity contribution in [3.05, 3.63) is 71.9 Å². The van der Waals surface area contributed by atoms with Crippen LogP contribution in [0, 0.1) is 5.92 Å². The number of hydrogen-bond acceptors (Lipinski definition) is 7. The zero-order chi connectivity index (χ0) is 30.7. The van der Waals surface area contributed by atoms with Crippen molar-refractivity contribution in [3.63, 3.8) is 0 Å². The van der Waals surface area contributed by atoms with E-state index in [1.54, 1.807) is 12.1 Å². The van der Waals surface area contributed by atoms with Gasteiger partial charge in [0.2, 0.25) is 17.9 Å². The Morgan fingerprint density at radius 3 is 2.38 bits per heavy atom. The van der Waals surface area contributed by atoms with Crippen molar-refractivity contribution in [2.75, 3.05) is 5.73 Å². The average molecular weight is 585 g/mol. The van der Waals surface area contributed by atoms with Crippen molar-refractivity contribution in [3.8, 4) is 22.8 Å². The van der Waals surface area contributed by atoms with E-state index in [1.165, 1.54) is 18.2 Å². The van der Waals surface area contributed by atoms with Gasteiger partial charge in [0.15, 0.2) is 0 Å². The topological polar surface area (TPSA) is 134 Å². The van der Waals surface area contributed by atoms with Crippen molar-refractivity contribution in [2.24, 2.45) is 11.7 Å². The van der Waals surface area contributed by atoms with E-state index in [0.29, 0.717) is 37.1 Å². The third kappa shape index (κ3) is 8.22. The number of nitrogen functional groups attached to an aromatic ring is 1. The zero-order valence-corrected chi connectivity index (χ0v) is 23.7. The molecule has 3 atom stereocenters. The molecule has 0 spiro atoms. The second-order valence-electron chi connectivity index (χ2n) is 11.4. The molecule has 1 heterocycles. The second-order valence-corrected chi connectivity index (χ2v) is 11.4. The molecule has 1 aliphatic rings. The molecule has 0 aliphatic heterocycles. The highest BCUT2D eigenvalue weighted by atomic mass is 19.4. The SMILES string of the molecule is CC(C)(C)Oc1cccc(-c2ccc([C@@H](Oc3cc(C4=CCC(C[C@H](N)C(=O)O)CC4)nc(N)n3)C(F)(F)F)cc2)c1. The first kappa shape index (κ1) is 30.8. The number of ether oxygens (including phenoxy) is 2. The van der Waals surface area contributed by atoms with Crippen LogP contribution in [0.2, 0.25) is 0 Å². The maximum Gasteiger partial charge on any atom is 0.429 e. The number of halogens is 3. The predicted molar refractivity (Wildman–Crippen MR) is 154 cm³/mol. The Morgan fingerprint density at radius 2 is 1.79 bits per heavy atom. The number of anilines is 1. The number of aliphatic carboxylic acids is 1. The van der Waals surface area contributed by atoms with Gasteiger partial charge in [0.05, 0.1) is 5.69 Å². The molecule has 3 aromatic rings. The first-order valence-corrected chi connectivity index (χ1v) is 13.6. The Labute approximate surface area is 242 Å². The highest BCUT2D eigenvalue weighted by molar-refractivity contribution is 5.73. The Kier molecular flexibility index (Phi) is 9.10. The van der Waals surface area contributed by atoms with E-state index in [1.807, 2.05) is 51.1 Å². The molecular formula is C31H35F3N4O4. The predicted octanol–water partition coefficient (Wildman–Crippen LogP) is 6.57. The summed E-state index contributed by atoms with van der Waals surface area (Å²) in [5.74, 6) is -0.825. The minimum absolute atomic E-state index is 0.0841. The molecule has 2 aromatic carbocycles. The molecule has 1 aromatic heterocycles. The minimum Gasteiger partial charge on any atom is -0.488 e. The summed E-state index contributed by atoms with van der Waals surface area (Å²) >= 11 is 0. The fraction of sp³-hybridized carbons (Fsp3) is 0.387. The first-order chi connectivity index (χ1) is 19.7. The maximum absolute atomic E-state index is 14.2. The van der Waals surface area contributed by atoms with Gasteiger partial charge in [-0.1, -0.05) is 42.5 Å². The Balaban J connectivity index is 1.53. The van der Waals surface area contributed by atoms with Crippen LogP contribution in [0.15, 0.2) is 60.7 Å². The molecule has 0 amide bonds. The van der Waals surface area contributed by atoms with Crippen molar-refractivity contribution in [1.82, 2.24) is 9.97 Å². The van der Waals surface area contributed by atoms with E-state index < -0.39 is 29.9 Å². The summed E-state index contributed by atoms with van der Waals surface area (Å²) < 4.78 is 53.9. The van der Waals surface area contributed by atoms with E-state index in [0.717, 1.165) is 16.7 Å². The van der Waals surface area contributed by atoms with Gasteiger partial charge in [-0.25, -0.2) is 4.98 Å². The summed E-state index contributed by atoms with van der Waals surface area (Å²) in [6.07, 6.45) is -3.03. The normalized spacial score (nSPS) is 17.2. The first-order valence-electron chi connectivity index (χ1n) is 13.6. The monoisotopic (exact) mass is 584 g/mol. The minimum atomic E-state index is -4.73. The van der Waals surface area contributed by atoms with Crippen molar-refractivity contribution in [1.29, 1.82) is 0 Å². The van der Waals surface area contributed by atoms with Gasteiger partial charge >= 0.3 is 12.1 Å². The van der Waals surface area contributed by atoms with Gasteiger partial charge in [-0.15, -0.1) is 0 Å². The highest BCUT2D eigenvalue weighted by Crippen LogP contribution is 2.39. The van der Waals surface area contributed by atoms with Gasteiger partial charge in [0, 0.05) is 11.6 Å². The van der Waals surface area contributed by atoms with Crippen LogP contribution in [0.4, 0.5) is 19.1 Å². The quantitative estimate of drug-likeness (QED) is 0.257. The number of carbonyl (C=O) groups is 1. The molecule has 0 bridgehead atoms. The number of nitrogens with zero attached hydrogens (tertiary/aromatic N) is 2. The van der Waals surface area contributed by atoms with E-state index in [2.05, 4.69) is 9.97 Å². The number of alkyl halides is 3. The van der Waals surface area contributed by atoms with Gasteiger partial charge in [-0.3, -0.25) is 4.79 Å². The summed E-state index contributed by atoms with van der Waals surface area (Å²) in [5, 5.41) is 9.05. The van der Waals surface area contributed by atoms with Gasteiger partial charge in [-0.2, -0.15) is 18.2 Å². The van der Waals surface area contributed by atoms with Crippen LogP contribution in [-0.2, 0) is 4.79 Å². The fourth-order valence-electron chi connectivity index (χ4n) is 4.85. The summed E-state index contributed by atoms with van der Waals surface area (Å²) in [4.78, 5) is 19.2. The molecule has 8 nitrogen and oxygen atoms in total. The molecule has 224 valence electrons. The number of benzene rings is 2. The van der Waals surface area contributed by atoms with Crippen LogP contribution in [0.3, 0.4) is 0 Å². The van der Waals surface area contributed by atoms with Crippen LogP contribution in [0.5, 0.6) is 11.6 Å². The van der Waals surface area contributed by atoms with Gasteiger partial charge in [0.25, 0.3) is 0 Å². The molecule has 0 saturated carbocycles. The van der Waals surface area contributed by atoms with E-state index in [4.69, 9.17) is 26.0 Å². The van der Waals surface area contributed by atoms with Gasteiger partial charge in [0.1, 0.15) is 17.4 Å². The lowest BCUT2D eigenvalue weighted by molar-refractivity contribution is -0.198. The summed E-state index contributed by atoms with van der Waals surface area (Å²) in [6, 6.07) is 13.7. The van der Waals surface area contributed by atoms with Crippen molar-refractivity contribution >= 4 is 17.5 Å². The van der Waals surface area contributed by atoms with Crippen LogP contribution >= 0.6 is 0 Å². The summed E-state index contributed by atoms with van der Waals surface area (Å²) in [7, 11) is 0. The van der Waals surface area contributed by atoms with Crippen molar-refractivity contribution in [2.45, 2.75) is 70.4 Å². The average Bonchev–Trinajstić information content (AvgIpc) is 2.90. The fourth-order valence-corrected chi connectivity index (χ4v) is 4.85. The molecule has 1 unspecified atom stereocenters. The zero-order valence-electron chi connectivity index (χ0n) is 23.7. The summed E-state index contributed by atoms with van der Waals surface area (Å²) in [6.45, 7) is 5.80. The Hall–Kier alpha value is -4.12. The Bertz CT molecular complexity index is 1440. The third-order valence-corrected chi connectivity index (χ3v) is 6.81. The van der Waals surface area contributed by atoms with Crippen LogP contribution in [0.25, 0.3) is 16.7 Å². The summed E-state index contributed by atoms with van der Waals surface area (Å²) in [5.41, 5.74) is 13.7. The lowest BCUT2D eigenvalue weighted by Gasteiger charge is -2.24. The molecule has 5 N–H and O–H groups in total. The second kappa shape index (κ2) is 12.4. The number of carboxylic acids is 1. The molecule has 42 heavy (non-hydrogen) atoms. The number of allylic oxidation sites excluding steroid dienone is 2. The number of carboxylic acid groups (broad SMARTS) is 1. The van der Waals surface area contributed by atoms with E-state index in [9.17, 15) is 18.0 Å². The molecule has 0 saturated heterocycles.